The summed E-state index contributed by atoms with van der Waals surface area (Å²) in [5.74, 6) is 2.58. The summed E-state index contributed by atoms with van der Waals surface area (Å²) in [6.45, 7) is 6.25. The minimum atomic E-state index is -3.03. The lowest BCUT2D eigenvalue weighted by molar-refractivity contribution is 0.448. The molecule has 6 heteroatoms. The lowest BCUT2D eigenvalue weighted by Gasteiger charge is -2.16. The van der Waals surface area contributed by atoms with Gasteiger partial charge in [0.15, 0.2) is 0 Å². The molecule has 2 aliphatic rings. The molecule has 0 spiro atoms. The monoisotopic (exact) mass is 311 g/mol. The standard InChI is InChI=1S/C15H25N3O2S/c1-3-21(19,20)17-7-6-14(10-17)8-15-16-9-12(2)18(15)11-13-4-5-13/h9,13-14H,3-8,10-11H2,1-2H3. The Bertz CT molecular complexity index is 604. The topological polar surface area (TPSA) is 55.2 Å². The van der Waals surface area contributed by atoms with Crippen LogP contribution in [0.15, 0.2) is 6.20 Å². The molecule has 1 unspecified atom stereocenters. The van der Waals surface area contributed by atoms with Gasteiger partial charge in [-0.1, -0.05) is 0 Å². The van der Waals surface area contributed by atoms with E-state index < -0.39 is 10.0 Å². The van der Waals surface area contributed by atoms with Crippen molar-refractivity contribution in [2.75, 3.05) is 18.8 Å². The fourth-order valence-electron chi connectivity index (χ4n) is 3.14. The van der Waals surface area contributed by atoms with Gasteiger partial charge in [-0.15, -0.1) is 0 Å². The van der Waals surface area contributed by atoms with Crippen LogP contribution in [0.1, 0.15) is 37.7 Å². The number of aryl methyl sites for hydroxylation is 1. The molecule has 0 amide bonds. The molecule has 1 atom stereocenters. The van der Waals surface area contributed by atoms with Crippen LogP contribution in [0.25, 0.3) is 0 Å². The molecule has 2 heterocycles. The molecule has 118 valence electrons. The lowest BCUT2D eigenvalue weighted by Crippen LogP contribution is -2.30. The Morgan fingerprint density at radius 1 is 1.29 bits per heavy atom. The fourth-order valence-corrected chi connectivity index (χ4v) is 4.33. The summed E-state index contributed by atoms with van der Waals surface area (Å²) < 4.78 is 27.9. The zero-order valence-corrected chi connectivity index (χ0v) is 13.8. The van der Waals surface area contributed by atoms with E-state index in [1.807, 2.05) is 6.20 Å². The molecule has 1 saturated heterocycles. The number of hydrogen-bond donors (Lipinski definition) is 0. The average Bonchev–Trinajstić information content (AvgIpc) is 3.05. The zero-order valence-electron chi connectivity index (χ0n) is 13.0. The van der Waals surface area contributed by atoms with Crippen LogP contribution >= 0.6 is 0 Å². The molecule has 0 aromatic carbocycles. The number of rotatable bonds is 6. The van der Waals surface area contributed by atoms with Crippen molar-refractivity contribution in [1.82, 2.24) is 13.9 Å². The first-order valence-corrected chi connectivity index (χ1v) is 9.59. The molecule has 1 aliphatic heterocycles. The third-order valence-corrected chi connectivity index (χ3v) is 6.60. The maximum atomic E-state index is 11.9. The van der Waals surface area contributed by atoms with Crippen LogP contribution in [0.4, 0.5) is 0 Å². The first kappa shape index (κ1) is 15.0. The minimum absolute atomic E-state index is 0.204. The van der Waals surface area contributed by atoms with Gasteiger partial charge in [0.25, 0.3) is 0 Å². The Labute approximate surface area is 127 Å². The molecule has 0 N–H and O–H groups in total. The van der Waals surface area contributed by atoms with Gasteiger partial charge in [0, 0.05) is 37.9 Å². The third-order valence-electron chi connectivity index (χ3n) is 4.75. The van der Waals surface area contributed by atoms with Crippen molar-refractivity contribution in [3.63, 3.8) is 0 Å². The smallest absolute Gasteiger partial charge is 0.213 e. The van der Waals surface area contributed by atoms with Gasteiger partial charge in [-0.2, -0.15) is 0 Å². The highest BCUT2D eigenvalue weighted by molar-refractivity contribution is 7.89. The van der Waals surface area contributed by atoms with E-state index in [0.717, 1.165) is 31.1 Å². The van der Waals surface area contributed by atoms with Gasteiger partial charge in [0.2, 0.25) is 10.0 Å². The van der Waals surface area contributed by atoms with Crippen LogP contribution in [0, 0.1) is 18.8 Å². The van der Waals surface area contributed by atoms with E-state index in [-0.39, 0.29) is 5.75 Å². The molecule has 2 fully saturated rings. The molecular formula is C15H25N3O2S. The maximum Gasteiger partial charge on any atom is 0.213 e. The second-order valence-corrected chi connectivity index (χ2v) is 8.74. The molecule has 0 radical (unpaired) electrons. The molecule has 1 aromatic rings. The Hall–Kier alpha value is -0.880. The quantitative estimate of drug-likeness (QED) is 0.805. The summed E-state index contributed by atoms with van der Waals surface area (Å²) in [7, 11) is -3.03. The molecule has 0 bridgehead atoms. The highest BCUT2D eigenvalue weighted by Crippen LogP contribution is 2.32. The Balaban J connectivity index is 1.65. The van der Waals surface area contributed by atoms with Gasteiger partial charge >= 0.3 is 0 Å². The van der Waals surface area contributed by atoms with Crippen molar-refractivity contribution in [2.24, 2.45) is 11.8 Å². The van der Waals surface area contributed by atoms with Crippen molar-refractivity contribution >= 4 is 10.0 Å². The van der Waals surface area contributed by atoms with Gasteiger partial charge in [-0.3, -0.25) is 0 Å². The number of imidazole rings is 1. The number of aromatic nitrogens is 2. The van der Waals surface area contributed by atoms with Crippen LogP contribution < -0.4 is 0 Å². The van der Waals surface area contributed by atoms with Crippen LogP contribution in [0.5, 0.6) is 0 Å². The molecule has 1 aliphatic carbocycles. The normalized spacial score (nSPS) is 23.8. The first-order chi connectivity index (χ1) is 9.99. The van der Waals surface area contributed by atoms with Crippen molar-refractivity contribution < 1.29 is 8.42 Å². The van der Waals surface area contributed by atoms with Crippen molar-refractivity contribution in [3.05, 3.63) is 17.7 Å². The van der Waals surface area contributed by atoms with Gasteiger partial charge in [0.1, 0.15) is 5.82 Å². The van der Waals surface area contributed by atoms with Crippen LogP contribution in [-0.4, -0.2) is 41.1 Å². The van der Waals surface area contributed by atoms with Crippen molar-refractivity contribution in [1.29, 1.82) is 0 Å². The van der Waals surface area contributed by atoms with Crippen molar-refractivity contribution in [2.45, 2.75) is 46.1 Å². The average molecular weight is 311 g/mol. The van der Waals surface area contributed by atoms with Gasteiger partial charge in [-0.05, 0) is 44.9 Å². The summed E-state index contributed by atoms with van der Waals surface area (Å²) in [6, 6.07) is 0. The Morgan fingerprint density at radius 3 is 2.71 bits per heavy atom. The van der Waals surface area contributed by atoms with E-state index in [2.05, 4.69) is 16.5 Å². The zero-order chi connectivity index (χ0) is 15.0. The van der Waals surface area contributed by atoms with E-state index in [1.54, 1.807) is 11.2 Å². The second-order valence-electron chi connectivity index (χ2n) is 6.49. The summed E-state index contributed by atoms with van der Waals surface area (Å²) >= 11 is 0. The molecule has 1 saturated carbocycles. The summed E-state index contributed by atoms with van der Waals surface area (Å²) in [5.41, 5.74) is 1.23. The summed E-state index contributed by atoms with van der Waals surface area (Å²) in [6.07, 6.45) is 6.48. The lowest BCUT2D eigenvalue weighted by atomic mass is 10.0. The summed E-state index contributed by atoms with van der Waals surface area (Å²) in [5, 5.41) is 0. The number of nitrogens with zero attached hydrogens (tertiary/aromatic N) is 3. The molecule has 5 nitrogen and oxygen atoms in total. The Kier molecular flexibility index (Phi) is 4.10. The fraction of sp³-hybridized carbons (Fsp3) is 0.800. The second kappa shape index (κ2) is 5.72. The number of sulfonamides is 1. The number of hydrogen-bond acceptors (Lipinski definition) is 3. The predicted molar refractivity (Wildman–Crippen MR) is 82.5 cm³/mol. The van der Waals surface area contributed by atoms with Crippen LogP contribution in [0.2, 0.25) is 0 Å². The van der Waals surface area contributed by atoms with E-state index in [0.29, 0.717) is 19.0 Å². The molecule has 3 rings (SSSR count). The van der Waals surface area contributed by atoms with Crippen LogP contribution in [-0.2, 0) is 23.0 Å². The largest absolute Gasteiger partial charge is 0.332 e. The van der Waals surface area contributed by atoms with Crippen LogP contribution in [0.3, 0.4) is 0 Å². The highest BCUT2D eigenvalue weighted by Gasteiger charge is 2.31. The predicted octanol–water partition coefficient (Wildman–Crippen LogP) is 1.82. The molecule has 1 aromatic heterocycles. The van der Waals surface area contributed by atoms with Crippen molar-refractivity contribution in [3.8, 4) is 0 Å². The SMILES string of the molecule is CCS(=O)(=O)N1CCC(Cc2ncc(C)n2CC2CC2)C1. The third kappa shape index (κ3) is 3.31. The molecular weight excluding hydrogens is 286 g/mol. The van der Waals surface area contributed by atoms with E-state index in [4.69, 9.17) is 0 Å². The molecule has 21 heavy (non-hydrogen) atoms. The highest BCUT2D eigenvalue weighted by atomic mass is 32.2. The Morgan fingerprint density at radius 2 is 2.05 bits per heavy atom. The van der Waals surface area contributed by atoms with E-state index in [9.17, 15) is 8.42 Å². The van der Waals surface area contributed by atoms with E-state index in [1.165, 1.54) is 18.5 Å². The summed E-state index contributed by atoms with van der Waals surface area (Å²) in [4.78, 5) is 4.56. The maximum absolute atomic E-state index is 11.9. The van der Waals surface area contributed by atoms with E-state index >= 15 is 0 Å². The minimum Gasteiger partial charge on any atom is -0.332 e. The first-order valence-electron chi connectivity index (χ1n) is 7.98. The van der Waals surface area contributed by atoms with Gasteiger partial charge in [0.05, 0.1) is 5.75 Å². The van der Waals surface area contributed by atoms with Gasteiger partial charge in [-0.25, -0.2) is 17.7 Å². The van der Waals surface area contributed by atoms with Gasteiger partial charge < -0.3 is 4.57 Å².